The Morgan fingerprint density at radius 1 is 0.817 bits per heavy atom. The number of aliphatic hydroxyl groups is 1. The molecule has 1 aliphatic carbocycles. The summed E-state index contributed by atoms with van der Waals surface area (Å²) in [6.07, 6.45) is 7.91. The van der Waals surface area contributed by atoms with Gasteiger partial charge in [-0.1, -0.05) is 37.8 Å². The van der Waals surface area contributed by atoms with Crippen molar-refractivity contribution < 1.29 is 29.0 Å². The van der Waals surface area contributed by atoms with Crippen molar-refractivity contribution in [1.29, 1.82) is 0 Å². The number of carbonyl (C=O) groups is 4. The van der Waals surface area contributed by atoms with Gasteiger partial charge in [-0.15, -0.1) is 0 Å². The summed E-state index contributed by atoms with van der Waals surface area (Å²) in [5, 5.41) is 15.2. The maximum atomic E-state index is 13.9. The van der Waals surface area contributed by atoms with Crippen LogP contribution in [-0.4, -0.2) is 128 Å². The van der Waals surface area contributed by atoms with Crippen LogP contribution in [-0.2, 0) is 16.0 Å². The van der Waals surface area contributed by atoms with Crippen LogP contribution in [0.5, 0.6) is 0 Å². The van der Waals surface area contributed by atoms with Crippen molar-refractivity contribution in [3.8, 4) is 11.3 Å². The zero-order valence-electron chi connectivity index (χ0n) is 33.9. The second-order valence-corrected chi connectivity index (χ2v) is 15.6. The van der Waals surface area contributed by atoms with E-state index in [1.165, 1.54) is 16.9 Å². The van der Waals surface area contributed by atoms with Gasteiger partial charge in [0.2, 0.25) is 5.91 Å². The largest absolute Gasteiger partial charge is 0.394 e. The summed E-state index contributed by atoms with van der Waals surface area (Å²) < 4.78 is 5.36. The smallest absolute Gasteiger partial charge is 0.255 e. The molecule has 2 aliphatic heterocycles. The molecule has 3 aromatic carbocycles. The number of aryl methyl sites for hydroxylation is 1. The number of fused-ring (bicyclic) bond motifs is 1. The Kier molecular flexibility index (Phi) is 15.4. The topological polar surface area (TPSA) is 148 Å². The van der Waals surface area contributed by atoms with E-state index in [4.69, 9.17) is 14.8 Å². The van der Waals surface area contributed by atoms with Crippen LogP contribution in [0.3, 0.4) is 0 Å². The Morgan fingerprint density at radius 2 is 1.58 bits per heavy atom. The number of amides is 4. The number of anilines is 2. The van der Waals surface area contributed by atoms with Gasteiger partial charge >= 0.3 is 0 Å². The molecule has 7 rings (SSSR count). The fourth-order valence-corrected chi connectivity index (χ4v) is 8.23. The third kappa shape index (κ3) is 10.9. The SMILES string of the molecule is C.CN(CC(=O)N1CCN(CCOCCO)CC1)C(=O)c1cccc(C(=O)Nc2ccc(N3CCCCC3)cc2-c2cc(C(=O)N[C@H]3CCCc4ccccc43)ccn2)c1. The molecule has 13 nitrogen and oxygen atoms in total. The van der Waals surface area contributed by atoms with Gasteiger partial charge in [-0.2, -0.15) is 0 Å². The molecule has 318 valence electrons. The molecule has 2 fully saturated rings. The zero-order valence-corrected chi connectivity index (χ0v) is 33.9. The van der Waals surface area contributed by atoms with E-state index < -0.39 is 5.91 Å². The van der Waals surface area contributed by atoms with Gasteiger partial charge in [-0.3, -0.25) is 29.1 Å². The number of pyridine rings is 1. The van der Waals surface area contributed by atoms with Crippen molar-refractivity contribution in [2.45, 2.75) is 52.0 Å². The average Bonchev–Trinajstić information content (AvgIpc) is 3.28. The van der Waals surface area contributed by atoms with Crippen LogP contribution in [0.15, 0.2) is 85.1 Å². The number of ether oxygens (including phenoxy) is 1. The quantitative estimate of drug-likeness (QED) is 0.137. The lowest BCUT2D eigenvalue weighted by Gasteiger charge is -2.35. The number of likely N-dealkylation sites (N-methyl/N-ethyl adjacent to an activating group) is 1. The van der Waals surface area contributed by atoms with Crippen molar-refractivity contribution in [3.05, 3.63) is 113 Å². The standard InChI is InChI=1S/C46H55N7O6.CH4/c1-50(32-43(55)53-23-21-51(22-24-53)25-27-59-28-26-54)46(58)36-12-7-11-34(29-36)44(56)49-41-16-15-37(52-19-5-2-6-20-52)31-39(41)42-30-35(17-18-47-42)45(57)48-40-14-8-10-33-9-3-4-13-38(33)40;/h3-4,7,9,11-13,15-18,29-31,40,54H,2,5-6,8,10,14,19-28,32H2,1H3,(H,48,57)(H,49,56);1H4/t40-;/m0./s1. The van der Waals surface area contributed by atoms with E-state index in [1.54, 1.807) is 54.5 Å². The third-order valence-corrected chi connectivity index (χ3v) is 11.5. The molecule has 0 saturated carbocycles. The molecule has 1 aromatic heterocycles. The van der Waals surface area contributed by atoms with Crippen LogP contribution < -0.4 is 15.5 Å². The average molecular weight is 818 g/mol. The predicted octanol–water partition coefficient (Wildman–Crippen LogP) is 5.66. The van der Waals surface area contributed by atoms with Gasteiger partial charge in [0.1, 0.15) is 0 Å². The highest BCUT2D eigenvalue weighted by molar-refractivity contribution is 6.08. The van der Waals surface area contributed by atoms with Crippen LogP contribution in [0.1, 0.15) is 87.8 Å². The highest BCUT2D eigenvalue weighted by Gasteiger charge is 2.26. The van der Waals surface area contributed by atoms with E-state index in [-0.39, 0.29) is 49.9 Å². The van der Waals surface area contributed by atoms with Crippen molar-refractivity contribution in [2.75, 3.05) is 89.4 Å². The van der Waals surface area contributed by atoms with Crippen molar-refractivity contribution in [2.24, 2.45) is 0 Å². The lowest BCUT2D eigenvalue weighted by Crippen LogP contribution is -2.51. The summed E-state index contributed by atoms with van der Waals surface area (Å²) >= 11 is 0. The van der Waals surface area contributed by atoms with E-state index in [2.05, 4.69) is 32.6 Å². The van der Waals surface area contributed by atoms with Gasteiger partial charge in [0.25, 0.3) is 17.7 Å². The lowest BCUT2D eigenvalue weighted by atomic mass is 9.87. The van der Waals surface area contributed by atoms with Gasteiger partial charge < -0.3 is 35.2 Å². The fourth-order valence-electron chi connectivity index (χ4n) is 8.23. The number of aromatic nitrogens is 1. The van der Waals surface area contributed by atoms with E-state index in [0.29, 0.717) is 67.5 Å². The lowest BCUT2D eigenvalue weighted by molar-refractivity contribution is -0.133. The summed E-state index contributed by atoms with van der Waals surface area (Å²) in [6, 6.07) is 24.1. The molecule has 3 N–H and O–H groups in total. The monoisotopic (exact) mass is 817 g/mol. The molecule has 0 spiro atoms. The van der Waals surface area contributed by atoms with Crippen molar-refractivity contribution in [3.63, 3.8) is 0 Å². The molecule has 60 heavy (non-hydrogen) atoms. The number of benzene rings is 3. The molecule has 13 heteroatoms. The molecule has 0 radical (unpaired) electrons. The molecule has 4 amide bonds. The zero-order chi connectivity index (χ0) is 41.1. The first-order valence-corrected chi connectivity index (χ1v) is 20.9. The van der Waals surface area contributed by atoms with Crippen LogP contribution in [0.2, 0.25) is 0 Å². The van der Waals surface area contributed by atoms with Crippen molar-refractivity contribution in [1.82, 2.24) is 25.0 Å². The number of nitrogens with one attached hydrogen (secondary N) is 2. The summed E-state index contributed by atoms with van der Waals surface area (Å²) in [7, 11) is 1.59. The molecule has 4 aromatic rings. The summed E-state index contributed by atoms with van der Waals surface area (Å²) in [5.74, 6) is -1.09. The Bertz CT molecular complexity index is 2110. The third-order valence-electron chi connectivity index (χ3n) is 11.5. The van der Waals surface area contributed by atoms with Crippen LogP contribution in [0.4, 0.5) is 11.4 Å². The Morgan fingerprint density at radius 3 is 2.38 bits per heavy atom. The second-order valence-electron chi connectivity index (χ2n) is 15.6. The van der Waals surface area contributed by atoms with Crippen LogP contribution in [0, 0.1) is 0 Å². The number of nitrogens with zero attached hydrogens (tertiary/aromatic N) is 5. The highest BCUT2D eigenvalue weighted by Crippen LogP contribution is 2.34. The van der Waals surface area contributed by atoms with Gasteiger partial charge in [0.15, 0.2) is 0 Å². The first-order valence-electron chi connectivity index (χ1n) is 20.9. The molecular formula is C47H59N7O6. The summed E-state index contributed by atoms with van der Waals surface area (Å²) in [6.45, 7) is 5.87. The number of carbonyl (C=O) groups excluding carboxylic acids is 4. The maximum Gasteiger partial charge on any atom is 0.255 e. The minimum atomic E-state index is -0.408. The molecule has 0 unspecified atom stereocenters. The van der Waals surface area contributed by atoms with Gasteiger partial charge in [-0.25, -0.2) is 0 Å². The van der Waals surface area contributed by atoms with Crippen LogP contribution in [0.25, 0.3) is 11.3 Å². The molecule has 3 aliphatic rings. The van der Waals surface area contributed by atoms with Gasteiger partial charge in [0, 0.05) is 87.0 Å². The molecule has 0 bridgehead atoms. The van der Waals surface area contributed by atoms with E-state index >= 15 is 0 Å². The van der Waals surface area contributed by atoms with Crippen LogP contribution >= 0.6 is 0 Å². The number of piperidine rings is 1. The first kappa shape index (κ1) is 43.9. The van der Waals surface area contributed by atoms with E-state index in [0.717, 1.165) is 63.0 Å². The van der Waals surface area contributed by atoms with E-state index in [9.17, 15) is 19.2 Å². The number of hydrogen-bond donors (Lipinski definition) is 3. The summed E-state index contributed by atoms with van der Waals surface area (Å²) in [5.41, 5.74) is 6.27. The fraction of sp³-hybridized carbons (Fsp3) is 0.426. The van der Waals surface area contributed by atoms with E-state index in [1.807, 2.05) is 30.3 Å². The highest BCUT2D eigenvalue weighted by atomic mass is 16.5. The number of rotatable bonds is 14. The Labute approximate surface area is 353 Å². The minimum Gasteiger partial charge on any atom is -0.394 e. The predicted molar refractivity (Wildman–Crippen MR) is 234 cm³/mol. The number of hydrogen-bond acceptors (Lipinski definition) is 9. The summed E-state index contributed by atoms with van der Waals surface area (Å²) in [4.78, 5) is 66.7. The first-order chi connectivity index (χ1) is 28.8. The minimum absolute atomic E-state index is 0. The van der Waals surface area contributed by atoms with Gasteiger partial charge in [0.05, 0.1) is 43.8 Å². The molecular weight excluding hydrogens is 759 g/mol. The number of piperazine rings is 1. The number of aliphatic hydroxyl groups excluding tert-OH is 1. The second kappa shape index (κ2) is 21.1. The molecule has 2 saturated heterocycles. The normalized spacial score (nSPS) is 16.6. The molecule has 1 atom stereocenters. The Hall–Kier alpha value is -5.63. The Balaban J connectivity index is 0.00000604. The van der Waals surface area contributed by atoms with Gasteiger partial charge in [-0.05, 0) is 98.2 Å². The maximum absolute atomic E-state index is 13.9. The van der Waals surface area contributed by atoms with Crippen molar-refractivity contribution >= 4 is 35.0 Å². The molecule has 3 heterocycles.